The van der Waals surface area contributed by atoms with Gasteiger partial charge in [-0.15, -0.1) is 0 Å². The van der Waals surface area contributed by atoms with E-state index in [4.69, 9.17) is 5.73 Å². The van der Waals surface area contributed by atoms with Crippen molar-refractivity contribution in [2.75, 3.05) is 11.9 Å². The Kier molecular flexibility index (Phi) is 4.62. The van der Waals surface area contributed by atoms with Gasteiger partial charge < -0.3 is 15.8 Å². The van der Waals surface area contributed by atoms with Gasteiger partial charge in [0.1, 0.15) is 0 Å². The Balaban J connectivity index is 2.00. The van der Waals surface area contributed by atoms with Crippen molar-refractivity contribution in [1.82, 2.24) is 15.0 Å². The molecule has 8 heteroatoms. The number of carbonyl (C=O) groups excluding carboxylic acids is 2. The van der Waals surface area contributed by atoms with Gasteiger partial charge in [-0.2, -0.15) is 15.0 Å². The fraction of sp³-hybridized carbons (Fsp3) is 0.231. The van der Waals surface area contributed by atoms with Gasteiger partial charge in [-0.25, -0.2) is 4.79 Å². The standard InChI is InChI=1S/C13H15N5O3/c1-2-21-13(20)11(14)12(19)17-9-3-5-10(6-4-9)18-15-7-8-16-18/h3-8,11H,2,14H2,1H3,(H,17,19). The summed E-state index contributed by atoms with van der Waals surface area (Å²) in [4.78, 5) is 24.6. The Labute approximate surface area is 120 Å². The van der Waals surface area contributed by atoms with Gasteiger partial charge >= 0.3 is 5.97 Å². The Hall–Kier alpha value is -2.74. The van der Waals surface area contributed by atoms with Crippen molar-refractivity contribution < 1.29 is 14.3 Å². The van der Waals surface area contributed by atoms with E-state index in [0.29, 0.717) is 5.69 Å². The first-order valence-corrected chi connectivity index (χ1v) is 6.31. The molecule has 0 aliphatic carbocycles. The highest BCUT2D eigenvalue weighted by Crippen LogP contribution is 2.12. The van der Waals surface area contributed by atoms with E-state index in [0.717, 1.165) is 5.69 Å². The molecule has 0 bridgehead atoms. The fourth-order valence-electron chi connectivity index (χ4n) is 1.59. The second-order valence-corrected chi connectivity index (χ2v) is 4.08. The van der Waals surface area contributed by atoms with Crippen LogP contribution in [0.2, 0.25) is 0 Å². The van der Waals surface area contributed by atoms with E-state index in [1.54, 1.807) is 43.6 Å². The van der Waals surface area contributed by atoms with Crippen LogP contribution in [0.25, 0.3) is 5.69 Å². The number of hydrogen-bond donors (Lipinski definition) is 2. The number of carbonyl (C=O) groups is 2. The molecule has 0 fully saturated rings. The number of esters is 1. The molecule has 0 spiro atoms. The Morgan fingerprint density at radius 3 is 2.48 bits per heavy atom. The third-order valence-electron chi connectivity index (χ3n) is 2.61. The zero-order valence-corrected chi connectivity index (χ0v) is 11.4. The minimum Gasteiger partial charge on any atom is -0.464 e. The molecule has 1 amide bonds. The molecule has 1 unspecified atom stereocenters. The van der Waals surface area contributed by atoms with E-state index < -0.39 is 17.9 Å². The molecule has 8 nitrogen and oxygen atoms in total. The number of amides is 1. The van der Waals surface area contributed by atoms with Crippen LogP contribution in [-0.2, 0) is 14.3 Å². The van der Waals surface area contributed by atoms with E-state index >= 15 is 0 Å². The van der Waals surface area contributed by atoms with Crippen molar-refractivity contribution in [3.05, 3.63) is 36.7 Å². The number of anilines is 1. The zero-order valence-electron chi connectivity index (χ0n) is 11.4. The minimum atomic E-state index is -1.35. The maximum atomic E-state index is 11.8. The Morgan fingerprint density at radius 2 is 1.90 bits per heavy atom. The lowest BCUT2D eigenvalue weighted by molar-refractivity contribution is -0.146. The molecule has 1 aromatic heterocycles. The van der Waals surface area contributed by atoms with Gasteiger partial charge in [-0.1, -0.05) is 0 Å². The van der Waals surface area contributed by atoms with E-state index in [1.165, 1.54) is 4.80 Å². The van der Waals surface area contributed by atoms with Gasteiger partial charge in [0.15, 0.2) is 6.04 Å². The maximum absolute atomic E-state index is 11.8. The number of nitrogens with zero attached hydrogens (tertiary/aromatic N) is 3. The Bertz CT molecular complexity index is 609. The smallest absolute Gasteiger partial charge is 0.332 e. The number of rotatable bonds is 5. The van der Waals surface area contributed by atoms with Crippen LogP contribution in [0, 0.1) is 0 Å². The third-order valence-corrected chi connectivity index (χ3v) is 2.61. The van der Waals surface area contributed by atoms with Gasteiger partial charge in [0.2, 0.25) is 0 Å². The van der Waals surface area contributed by atoms with Crippen molar-refractivity contribution in [1.29, 1.82) is 0 Å². The topological polar surface area (TPSA) is 112 Å². The van der Waals surface area contributed by atoms with Crippen LogP contribution in [0.3, 0.4) is 0 Å². The molecule has 110 valence electrons. The number of nitrogens with one attached hydrogen (secondary N) is 1. The molecule has 0 aliphatic rings. The summed E-state index contributed by atoms with van der Waals surface area (Å²) in [6, 6.07) is 5.43. The van der Waals surface area contributed by atoms with E-state index in [9.17, 15) is 9.59 Å². The summed E-state index contributed by atoms with van der Waals surface area (Å²) in [7, 11) is 0. The quantitative estimate of drug-likeness (QED) is 0.596. The second kappa shape index (κ2) is 6.62. The van der Waals surface area contributed by atoms with Crippen LogP contribution in [0.1, 0.15) is 6.92 Å². The fourth-order valence-corrected chi connectivity index (χ4v) is 1.59. The first-order valence-electron chi connectivity index (χ1n) is 6.31. The van der Waals surface area contributed by atoms with Crippen LogP contribution < -0.4 is 11.1 Å². The lowest BCUT2D eigenvalue weighted by atomic mass is 10.2. The molecule has 2 rings (SSSR count). The van der Waals surface area contributed by atoms with Gasteiger partial charge in [-0.05, 0) is 31.2 Å². The first-order chi connectivity index (χ1) is 10.1. The maximum Gasteiger partial charge on any atom is 0.332 e. The minimum absolute atomic E-state index is 0.172. The summed E-state index contributed by atoms with van der Waals surface area (Å²) in [6.45, 7) is 1.82. The summed E-state index contributed by atoms with van der Waals surface area (Å²) in [5, 5.41) is 10.5. The molecule has 0 radical (unpaired) electrons. The molecule has 1 atom stereocenters. The highest BCUT2D eigenvalue weighted by Gasteiger charge is 2.23. The molecule has 0 saturated heterocycles. The van der Waals surface area contributed by atoms with Gasteiger partial charge in [0, 0.05) is 5.69 Å². The van der Waals surface area contributed by atoms with Crippen molar-refractivity contribution in [3.63, 3.8) is 0 Å². The summed E-state index contributed by atoms with van der Waals surface area (Å²) < 4.78 is 4.69. The molecule has 1 aromatic carbocycles. The van der Waals surface area contributed by atoms with Crippen molar-refractivity contribution >= 4 is 17.6 Å². The monoisotopic (exact) mass is 289 g/mol. The molecule has 0 saturated carbocycles. The molecule has 1 heterocycles. The number of aromatic nitrogens is 3. The summed E-state index contributed by atoms with van der Waals surface area (Å²) in [6.07, 6.45) is 3.13. The number of nitrogens with two attached hydrogens (primary N) is 1. The van der Waals surface area contributed by atoms with Crippen molar-refractivity contribution in [2.24, 2.45) is 5.73 Å². The molecule has 0 aliphatic heterocycles. The van der Waals surface area contributed by atoms with Crippen LogP contribution in [-0.4, -0.2) is 39.5 Å². The molecule has 2 aromatic rings. The predicted molar refractivity (Wildman–Crippen MR) is 74.6 cm³/mol. The lowest BCUT2D eigenvalue weighted by Crippen LogP contribution is -2.43. The lowest BCUT2D eigenvalue weighted by Gasteiger charge is -2.11. The second-order valence-electron chi connectivity index (χ2n) is 4.08. The van der Waals surface area contributed by atoms with E-state index in [-0.39, 0.29) is 6.61 Å². The molecule has 21 heavy (non-hydrogen) atoms. The Morgan fingerprint density at radius 1 is 1.29 bits per heavy atom. The van der Waals surface area contributed by atoms with Crippen LogP contribution in [0.4, 0.5) is 5.69 Å². The SMILES string of the molecule is CCOC(=O)C(N)C(=O)Nc1ccc(-n2nccn2)cc1. The normalized spacial score (nSPS) is 11.7. The van der Waals surface area contributed by atoms with Gasteiger partial charge in [0.25, 0.3) is 5.91 Å². The molecule has 3 N–H and O–H groups in total. The average molecular weight is 289 g/mol. The highest BCUT2D eigenvalue weighted by atomic mass is 16.5. The first kappa shape index (κ1) is 14.7. The van der Waals surface area contributed by atoms with Gasteiger partial charge in [0.05, 0.1) is 24.7 Å². The van der Waals surface area contributed by atoms with Crippen LogP contribution >= 0.6 is 0 Å². The molecular weight excluding hydrogens is 274 g/mol. The highest BCUT2D eigenvalue weighted by molar-refractivity contribution is 6.08. The van der Waals surface area contributed by atoms with Crippen molar-refractivity contribution in [2.45, 2.75) is 13.0 Å². The van der Waals surface area contributed by atoms with E-state index in [1.807, 2.05) is 0 Å². The summed E-state index contributed by atoms with van der Waals surface area (Å²) in [5.41, 5.74) is 6.74. The van der Waals surface area contributed by atoms with Crippen LogP contribution in [0.5, 0.6) is 0 Å². The number of hydrogen-bond acceptors (Lipinski definition) is 6. The predicted octanol–water partition coefficient (Wildman–Crippen LogP) is 0.0962. The summed E-state index contributed by atoms with van der Waals surface area (Å²) in [5.74, 6) is -1.38. The number of benzene rings is 1. The van der Waals surface area contributed by atoms with E-state index in [2.05, 4.69) is 20.3 Å². The average Bonchev–Trinajstić information content (AvgIpc) is 3.01. The molecular formula is C13H15N5O3. The van der Waals surface area contributed by atoms with Gasteiger partial charge in [-0.3, -0.25) is 4.79 Å². The summed E-state index contributed by atoms with van der Waals surface area (Å²) >= 11 is 0. The van der Waals surface area contributed by atoms with Crippen LogP contribution in [0.15, 0.2) is 36.7 Å². The third kappa shape index (κ3) is 3.63. The van der Waals surface area contributed by atoms with Crippen molar-refractivity contribution in [3.8, 4) is 5.69 Å². The largest absolute Gasteiger partial charge is 0.464 e. The zero-order chi connectivity index (χ0) is 15.2. The number of ether oxygens (including phenoxy) is 1.